The number of para-hydroxylation sites is 3. The van der Waals surface area contributed by atoms with Crippen LogP contribution in [0.15, 0.2) is 65.7 Å². The number of hydrogen-bond donors (Lipinski definition) is 4. The SMILES string of the molecule is CC(=O)Oc1cccc(C(=O)NCCC[C@@H](NC(=O)c2cccc(OC(C)=O)c2OC(C)=O)C(=O)N[C@@H](CC2=Nc3ccccc32)C(N)=O)c1OC(C)=O. The Kier molecular flexibility index (Phi) is 13.3. The van der Waals surface area contributed by atoms with Crippen molar-refractivity contribution in [3.8, 4) is 23.0 Å². The number of rotatable bonds is 16. The number of nitrogens with two attached hydrogens (primary N) is 1. The lowest BCUT2D eigenvalue weighted by molar-refractivity contribution is -0.134. The Hall–Kier alpha value is -6.91. The molecule has 17 heteroatoms. The largest absolute Gasteiger partial charge is 0.423 e. The molecule has 17 nitrogen and oxygen atoms in total. The molecule has 0 aromatic heterocycles. The van der Waals surface area contributed by atoms with Crippen LogP contribution in [0.25, 0.3) is 0 Å². The first-order chi connectivity index (χ1) is 25.6. The monoisotopic (exact) mass is 743 g/mol. The van der Waals surface area contributed by atoms with Crippen molar-refractivity contribution in [1.82, 2.24) is 16.0 Å². The fourth-order valence-corrected chi connectivity index (χ4v) is 5.28. The lowest BCUT2D eigenvalue weighted by Crippen LogP contribution is -2.53. The third-order valence-electron chi connectivity index (χ3n) is 7.55. The highest BCUT2D eigenvalue weighted by Gasteiger charge is 2.31. The van der Waals surface area contributed by atoms with E-state index in [-0.39, 0.29) is 59.9 Å². The minimum absolute atomic E-state index is 0.0348. The van der Waals surface area contributed by atoms with E-state index < -0.39 is 59.6 Å². The van der Waals surface area contributed by atoms with Crippen molar-refractivity contribution in [2.24, 2.45) is 10.7 Å². The predicted molar refractivity (Wildman–Crippen MR) is 189 cm³/mol. The number of nitrogens with one attached hydrogen (secondary N) is 3. The average Bonchev–Trinajstić information content (AvgIpc) is 3.08. The van der Waals surface area contributed by atoms with Crippen molar-refractivity contribution < 1.29 is 57.3 Å². The molecule has 1 aliphatic heterocycles. The number of carbonyl (C=O) groups is 8. The molecule has 0 aliphatic carbocycles. The van der Waals surface area contributed by atoms with E-state index in [9.17, 15) is 38.4 Å². The zero-order valence-electron chi connectivity index (χ0n) is 29.7. The standard InChI is InChI=1S/C37H37N5O12/c1-19(43)51-30-15-7-11-24(32(30)53-21(3)45)35(48)39-17-9-14-27(37(50)42-29(34(38)47)18-28-23-10-5-6-13-26(23)40-28)41-36(49)25-12-8-16-31(52-20(2)44)33(25)54-22(4)46/h5-8,10-13,15-16,27,29H,9,14,17-18H2,1-4H3,(H2,38,47)(H,39,48)(H,41,49)(H,42,50)/t27-,29+/m1/s1. The van der Waals surface area contributed by atoms with Gasteiger partial charge in [0, 0.05) is 46.2 Å². The minimum atomic E-state index is -1.36. The summed E-state index contributed by atoms with van der Waals surface area (Å²) in [5.41, 5.74) is 7.31. The van der Waals surface area contributed by atoms with Gasteiger partial charge in [0.2, 0.25) is 11.8 Å². The number of carbonyl (C=O) groups excluding carboxylic acids is 8. The summed E-state index contributed by atoms with van der Waals surface area (Å²) >= 11 is 0. The summed E-state index contributed by atoms with van der Waals surface area (Å²) in [5.74, 6) is -7.41. The third kappa shape index (κ3) is 10.6. The molecule has 4 amide bonds. The number of ether oxygens (including phenoxy) is 4. The Bertz CT molecular complexity index is 2040. The van der Waals surface area contributed by atoms with E-state index >= 15 is 0 Å². The van der Waals surface area contributed by atoms with E-state index in [1.165, 1.54) is 36.4 Å². The molecule has 0 unspecified atom stereocenters. The first-order valence-corrected chi connectivity index (χ1v) is 16.5. The molecule has 54 heavy (non-hydrogen) atoms. The topological polar surface area (TPSA) is 248 Å². The van der Waals surface area contributed by atoms with E-state index in [2.05, 4.69) is 20.9 Å². The van der Waals surface area contributed by atoms with Gasteiger partial charge in [-0.3, -0.25) is 43.3 Å². The number of fused-ring (bicyclic) bond motifs is 1. The smallest absolute Gasteiger partial charge is 0.308 e. The van der Waals surface area contributed by atoms with E-state index in [0.29, 0.717) is 11.4 Å². The van der Waals surface area contributed by atoms with Crippen LogP contribution < -0.4 is 40.6 Å². The summed E-state index contributed by atoms with van der Waals surface area (Å²) in [5, 5.41) is 7.76. The van der Waals surface area contributed by atoms with E-state index in [1.807, 2.05) is 0 Å². The molecule has 0 radical (unpaired) electrons. The number of hydrogen-bond acceptors (Lipinski definition) is 13. The summed E-state index contributed by atoms with van der Waals surface area (Å²) in [6, 6.07) is 12.6. The van der Waals surface area contributed by atoms with Gasteiger partial charge in [0.25, 0.3) is 11.8 Å². The summed E-state index contributed by atoms with van der Waals surface area (Å²) in [6.45, 7) is 4.35. The number of esters is 4. The molecule has 4 rings (SSSR count). The van der Waals surface area contributed by atoms with Gasteiger partial charge in [0.05, 0.1) is 22.5 Å². The molecule has 1 heterocycles. The lowest BCUT2D eigenvalue weighted by atomic mass is 9.95. The highest BCUT2D eigenvalue weighted by molar-refractivity contribution is 6.14. The Morgan fingerprint density at radius 3 is 1.70 bits per heavy atom. The van der Waals surface area contributed by atoms with E-state index in [1.54, 1.807) is 24.3 Å². The fourth-order valence-electron chi connectivity index (χ4n) is 5.28. The van der Waals surface area contributed by atoms with Gasteiger partial charge in [-0.25, -0.2) is 0 Å². The van der Waals surface area contributed by atoms with Crippen LogP contribution in [0.1, 0.15) is 73.2 Å². The highest BCUT2D eigenvalue weighted by Crippen LogP contribution is 2.34. The third-order valence-corrected chi connectivity index (χ3v) is 7.55. The van der Waals surface area contributed by atoms with Crippen LogP contribution in [0.2, 0.25) is 0 Å². The number of primary amides is 1. The molecule has 282 valence electrons. The maximum atomic E-state index is 13.8. The summed E-state index contributed by atoms with van der Waals surface area (Å²) in [6.07, 6.45) is -0.0981. The van der Waals surface area contributed by atoms with Gasteiger partial charge in [-0.05, 0) is 43.2 Å². The zero-order chi connectivity index (χ0) is 39.5. The van der Waals surface area contributed by atoms with Crippen molar-refractivity contribution >= 4 is 58.9 Å². The molecular weight excluding hydrogens is 706 g/mol. The first-order valence-electron chi connectivity index (χ1n) is 16.5. The van der Waals surface area contributed by atoms with Gasteiger partial charge in [0.15, 0.2) is 23.0 Å². The van der Waals surface area contributed by atoms with Gasteiger partial charge < -0.3 is 40.6 Å². The van der Waals surface area contributed by atoms with E-state index in [0.717, 1.165) is 33.3 Å². The van der Waals surface area contributed by atoms with Crippen molar-refractivity contribution in [2.75, 3.05) is 6.54 Å². The van der Waals surface area contributed by atoms with Crippen LogP contribution in [0.5, 0.6) is 23.0 Å². The lowest BCUT2D eigenvalue weighted by Gasteiger charge is -2.25. The summed E-state index contributed by atoms with van der Waals surface area (Å²) in [7, 11) is 0. The maximum absolute atomic E-state index is 13.8. The van der Waals surface area contributed by atoms with Gasteiger partial charge in [-0.1, -0.05) is 30.3 Å². The highest BCUT2D eigenvalue weighted by atomic mass is 16.6. The molecule has 3 aromatic rings. The van der Waals surface area contributed by atoms with Crippen LogP contribution in [0.4, 0.5) is 5.69 Å². The minimum Gasteiger partial charge on any atom is -0.423 e. The molecule has 1 aliphatic rings. The van der Waals surface area contributed by atoms with Crippen LogP contribution in [0, 0.1) is 0 Å². The Labute approximate surface area is 308 Å². The number of amides is 4. The van der Waals surface area contributed by atoms with Crippen molar-refractivity contribution in [3.05, 3.63) is 77.4 Å². The molecule has 0 bridgehead atoms. The van der Waals surface area contributed by atoms with Crippen LogP contribution in [-0.2, 0) is 28.8 Å². The fraction of sp³-hybridized carbons (Fsp3) is 0.270. The molecule has 2 atom stereocenters. The first kappa shape index (κ1) is 39.9. The average molecular weight is 744 g/mol. The van der Waals surface area contributed by atoms with Crippen LogP contribution >= 0.6 is 0 Å². The van der Waals surface area contributed by atoms with Crippen molar-refractivity contribution in [1.29, 1.82) is 0 Å². The van der Waals surface area contributed by atoms with Gasteiger partial charge in [0.1, 0.15) is 12.1 Å². The number of aliphatic imine (C=N–C) groups is 1. The summed E-state index contributed by atoms with van der Waals surface area (Å²) in [4.78, 5) is 104. The molecule has 0 saturated carbocycles. The molecular formula is C37H37N5O12. The predicted octanol–water partition coefficient (Wildman–Crippen LogP) is 2.19. The van der Waals surface area contributed by atoms with Gasteiger partial charge in [-0.15, -0.1) is 0 Å². The number of benzene rings is 3. The molecule has 5 N–H and O–H groups in total. The quantitative estimate of drug-likeness (QED) is 0.0937. The molecule has 3 aromatic carbocycles. The Balaban J connectivity index is 1.55. The molecule has 0 spiro atoms. The molecule has 0 fully saturated rings. The van der Waals surface area contributed by atoms with Gasteiger partial charge >= 0.3 is 23.9 Å². The van der Waals surface area contributed by atoms with Crippen LogP contribution in [0.3, 0.4) is 0 Å². The zero-order valence-corrected chi connectivity index (χ0v) is 29.7. The second-order valence-corrected chi connectivity index (χ2v) is 11.8. The number of nitrogens with zero attached hydrogens (tertiary/aromatic N) is 1. The second kappa shape index (κ2) is 18.0. The Morgan fingerprint density at radius 1 is 0.648 bits per heavy atom. The Morgan fingerprint density at radius 2 is 1.19 bits per heavy atom. The normalized spacial score (nSPS) is 12.3. The van der Waals surface area contributed by atoms with Crippen molar-refractivity contribution in [2.45, 2.75) is 59.0 Å². The van der Waals surface area contributed by atoms with Crippen molar-refractivity contribution in [3.63, 3.8) is 0 Å². The maximum Gasteiger partial charge on any atom is 0.308 e. The van der Waals surface area contributed by atoms with Crippen LogP contribution in [-0.4, -0.2) is 71.8 Å². The second-order valence-electron chi connectivity index (χ2n) is 11.8. The molecule has 0 saturated heterocycles. The van der Waals surface area contributed by atoms with Gasteiger partial charge in [-0.2, -0.15) is 0 Å². The summed E-state index contributed by atoms with van der Waals surface area (Å²) < 4.78 is 20.5. The van der Waals surface area contributed by atoms with E-state index in [4.69, 9.17) is 24.7 Å².